The van der Waals surface area contributed by atoms with Gasteiger partial charge in [-0.15, -0.1) is 22.7 Å². The highest BCUT2D eigenvalue weighted by Crippen LogP contribution is 2.45. The average Bonchev–Trinajstić information content (AvgIpc) is 4.31. The Labute approximate surface area is 445 Å². The van der Waals surface area contributed by atoms with Crippen LogP contribution in [0.3, 0.4) is 0 Å². The first kappa shape index (κ1) is 43.0. The van der Waals surface area contributed by atoms with Crippen molar-refractivity contribution in [3.05, 3.63) is 255 Å². The van der Waals surface area contributed by atoms with E-state index in [0.717, 1.165) is 61.5 Å². The molecule has 6 heteroatoms. The highest BCUT2D eigenvalue weighted by Gasteiger charge is 2.22. The number of nitrogens with zero attached hydrogens (tertiary/aromatic N) is 4. The second kappa shape index (κ2) is 17.0. The van der Waals surface area contributed by atoms with E-state index in [0.29, 0.717) is 5.82 Å². The lowest BCUT2D eigenvalue weighted by molar-refractivity contribution is 1.12. The summed E-state index contributed by atoms with van der Waals surface area (Å²) < 4.78 is 10.1. The molecule has 11 aromatic carbocycles. The van der Waals surface area contributed by atoms with Gasteiger partial charge in [0.15, 0.2) is 5.82 Å². The normalized spacial score (nSPS) is 11.9. The molecule has 5 aromatic heterocycles. The molecule has 0 aliphatic heterocycles. The minimum atomic E-state index is 0.655. The number of rotatable bonds is 7. The Morgan fingerprint density at radius 2 is 0.671 bits per heavy atom. The molecule has 0 spiro atoms. The maximum Gasteiger partial charge on any atom is 0.160 e. The van der Waals surface area contributed by atoms with Gasteiger partial charge in [0.05, 0.1) is 33.5 Å². The summed E-state index contributed by atoms with van der Waals surface area (Å²) in [5, 5.41) is 10.0. The van der Waals surface area contributed by atoms with Gasteiger partial charge in [-0.25, -0.2) is 9.97 Å². The Balaban J connectivity index is 0.948. The fraction of sp³-hybridized carbons (Fsp3) is 0. The summed E-state index contributed by atoms with van der Waals surface area (Å²) in [5.41, 5.74) is 16.2. The van der Waals surface area contributed by atoms with Crippen molar-refractivity contribution in [1.82, 2.24) is 19.1 Å². The third-order valence-corrected chi connectivity index (χ3v) is 17.8. The van der Waals surface area contributed by atoms with E-state index < -0.39 is 0 Å². The van der Waals surface area contributed by atoms with Gasteiger partial charge in [-0.2, -0.15) is 0 Å². The highest BCUT2D eigenvalue weighted by molar-refractivity contribution is 7.26. The number of hydrogen-bond acceptors (Lipinski definition) is 4. The lowest BCUT2D eigenvalue weighted by Crippen LogP contribution is -2.02. The highest BCUT2D eigenvalue weighted by atomic mass is 32.1. The number of benzene rings is 11. The third kappa shape index (κ3) is 6.75. The van der Waals surface area contributed by atoms with E-state index in [1.165, 1.54) is 84.1 Å². The van der Waals surface area contributed by atoms with Crippen molar-refractivity contribution in [3.8, 4) is 67.5 Å². The summed E-state index contributed by atoms with van der Waals surface area (Å²) in [6.07, 6.45) is 0. The van der Waals surface area contributed by atoms with Crippen molar-refractivity contribution in [1.29, 1.82) is 0 Å². The van der Waals surface area contributed by atoms with Gasteiger partial charge in [0.1, 0.15) is 0 Å². The average molecular weight is 1000 g/mol. The van der Waals surface area contributed by atoms with E-state index in [1.807, 2.05) is 22.7 Å². The van der Waals surface area contributed by atoms with Crippen LogP contribution < -0.4 is 0 Å². The molecule has 0 amide bonds. The largest absolute Gasteiger partial charge is 0.309 e. The smallest absolute Gasteiger partial charge is 0.160 e. The summed E-state index contributed by atoms with van der Waals surface area (Å²) in [4.78, 5) is 10.9. The zero-order valence-corrected chi connectivity index (χ0v) is 42.5. The fourth-order valence-corrected chi connectivity index (χ4v) is 14.3. The molecular formula is C70H42N4S2. The quantitative estimate of drug-likeness (QED) is 0.159. The lowest BCUT2D eigenvalue weighted by atomic mass is 10.0. The van der Waals surface area contributed by atoms with Crippen molar-refractivity contribution in [2.45, 2.75) is 0 Å². The first-order chi connectivity index (χ1) is 37.7. The molecule has 76 heavy (non-hydrogen) atoms. The first-order valence-electron chi connectivity index (χ1n) is 25.7. The standard InChI is InChI=1S/C70H42N4S2/c1-3-17-43(18-4-1)60-42-61(44-19-5-2-6-20-44)72-70(71-60)47-37-48(73-62-29-11-7-21-52(62)58-39-45(33-35-64(58)73)50-25-15-27-56-54-23-9-13-31-66(54)75-68(50)56)41-49(38-47)74-63-30-12-8-22-53(63)59-40-46(34-36-65(59)74)51-26-16-28-57-55-24-10-14-32-67(55)76-69(51)57/h1-42H. The van der Waals surface area contributed by atoms with Gasteiger partial charge in [-0.1, -0.05) is 182 Å². The summed E-state index contributed by atoms with van der Waals surface area (Å²) >= 11 is 3.75. The zero-order chi connectivity index (χ0) is 49.8. The molecule has 0 atom stereocenters. The molecule has 16 aromatic rings. The van der Waals surface area contributed by atoms with Gasteiger partial charge in [-0.3, -0.25) is 0 Å². The number of para-hydroxylation sites is 2. The van der Waals surface area contributed by atoms with Crippen LogP contribution in [0.15, 0.2) is 255 Å². The van der Waals surface area contributed by atoms with E-state index in [9.17, 15) is 0 Å². The molecule has 0 unspecified atom stereocenters. The van der Waals surface area contributed by atoms with E-state index in [1.54, 1.807) is 0 Å². The fourth-order valence-electron chi connectivity index (χ4n) is 11.9. The van der Waals surface area contributed by atoms with E-state index >= 15 is 0 Å². The molecule has 0 aliphatic carbocycles. The Hall–Kier alpha value is -9.46. The molecule has 16 rings (SSSR count). The van der Waals surface area contributed by atoms with Crippen LogP contribution in [0.5, 0.6) is 0 Å². The van der Waals surface area contributed by atoms with E-state index in [2.05, 4.69) is 264 Å². The number of aromatic nitrogens is 4. The predicted octanol–water partition coefficient (Wildman–Crippen LogP) is 19.7. The molecule has 0 saturated heterocycles. The van der Waals surface area contributed by atoms with Gasteiger partial charge in [0, 0.05) is 90.0 Å². The Bertz CT molecular complexity index is 4690. The Kier molecular flexibility index (Phi) is 9.64. The van der Waals surface area contributed by atoms with Gasteiger partial charge in [0.25, 0.3) is 0 Å². The molecule has 5 heterocycles. The summed E-state index contributed by atoms with van der Waals surface area (Å²) in [6, 6.07) is 92.7. The van der Waals surface area contributed by atoms with Crippen LogP contribution in [0.25, 0.3) is 151 Å². The number of hydrogen-bond donors (Lipinski definition) is 0. The molecule has 0 bridgehead atoms. The van der Waals surface area contributed by atoms with E-state index in [-0.39, 0.29) is 0 Å². The topological polar surface area (TPSA) is 35.6 Å². The molecule has 0 radical (unpaired) electrons. The Morgan fingerprint density at radius 3 is 1.16 bits per heavy atom. The summed E-state index contributed by atoms with van der Waals surface area (Å²) in [5.74, 6) is 0.655. The monoisotopic (exact) mass is 1000 g/mol. The van der Waals surface area contributed by atoms with Crippen molar-refractivity contribution in [2.75, 3.05) is 0 Å². The van der Waals surface area contributed by atoms with Gasteiger partial charge < -0.3 is 9.13 Å². The van der Waals surface area contributed by atoms with Crippen LogP contribution >= 0.6 is 22.7 Å². The van der Waals surface area contributed by atoms with Crippen LogP contribution in [-0.2, 0) is 0 Å². The van der Waals surface area contributed by atoms with E-state index in [4.69, 9.17) is 9.97 Å². The van der Waals surface area contributed by atoms with Crippen LogP contribution in [0.4, 0.5) is 0 Å². The van der Waals surface area contributed by atoms with Gasteiger partial charge in [0.2, 0.25) is 0 Å². The summed E-state index contributed by atoms with van der Waals surface area (Å²) in [6.45, 7) is 0. The second-order valence-electron chi connectivity index (χ2n) is 19.7. The van der Waals surface area contributed by atoms with Crippen molar-refractivity contribution in [2.24, 2.45) is 0 Å². The van der Waals surface area contributed by atoms with Gasteiger partial charge in [-0.05, 0) is 95.1 Å². The molecule has 354 valence electrons. The van der Waals surface area contributed by atoms with Crippen LogP contribution in [0, 0.1) is 0 Å². The molecule has 0 aliphatic rings. The minimum Gasteiger partial charge on any atom is -0.309 e. The SMILES string of the molecule is c1ccc(-c2cc(-c3ccccc3)nc(-c3cc(-n4c5ccccc5c5cc(-c6cccc7c6sc6ccccc67)ccc54)cc(-n4c5ccccc5c5cc(-c6cccc7c6sc6ccccc67)ccc54)c3)n2)cc1. The minimum absolute atomic E-state index is 0.655. The second-order valence-corrected chi connectivity index (χ2v) is 21.8. The zero-order valence-electron chi connectivity index (χ0n) is 40.9. The maximum absolute atomic E-state index is 5.44. The first-order valence-corrected chi connectivity index (χ1v) is 27.3. The van der Waals surface area contributed by atoms with Crippen LogP contribution in [-0.4, -0.2) is 19.1 Å². The van der Waals surface area contributed by atoms with Crippen LogP contribution in [0.2, 0.25) is 0 Å². The number of fused-ring (bicyclic) bond motifs is 12. The Morgan fingerprint density at radius 1 is 0.263 bits per heavy atom. The van der Waals surface area contributed by atoms with Crippen LogP contribution in [0.1, 0.15) is 0 Å². The molecule has 0 fully saturated rings. The third-order valence-electron chi connectivity index (χ3n) is 15.3. The van der Waals surface area contributed by atoms with Crippen molar-refractivity contribution >= 4 is 107 Å². The molecule has 0 saturated carbocycles. The van der Waals surface area contributed by atoms with Crippen molar-refractivity contribution < 1.29 is 0 Å². The maximum atomic E-state index is 5.44. The molecule has 0 N–H and O–H groups in total. The number of thiophene rings is 2. The lowest BCUT2D eigenvalue weighted by Gasteiger charge is -2.16. The summed E-state index contributed by atoms with van der Waals surface area (Å²) in [7, 11) is 0. The van der Waals surface area contributed by atoms with Gasteiger partial charge >= 0.3 is 0 Å². The predicted molar refractivity (Wildman–Crippen MR) is 324 cm³/mol. The molecule has 4 nitrogen and oxygen atoms in total. The van der Waals surface area contributed by atoms with Crippen molar-refractivity contribution in [3.63, 3.8) is 0 Å². The molecular weight excluding hydrogens is 961 g/mol.